The van der Waals surface area contributed by atoms with Crippen LogP contribution in [-0.4, -0.2) is 28.6 Å². The van der Waals surface area contributed by atoms with E-state index < -0.39 is 0 Å². The number of carbonyl (C=O) groups excluding carboxylic acids is 1. The second kappa shape index (κ2) is 10.5. The zero-order valence-corrected chi connectivity index (χ0v) is 19.8. The lowest BCUT2D eigenvalue weighted by Gasteiger charge is -2.19. The Kier molecular flexibility index (Phi) is 7.73. The molecule has 3 rings (SSSR count). The van der Waals surface area contributed by atoms with Crippen molar-refractivity contribution >= 4 is 16.9 Å². The fourth-order valence-electron chi connectivity index (χ4n) is 3.62. The van der Waals surface area contributed by atoms with E-state index in [9.17, 15) is 4.79 Å². The number of ether oxygens (including phenoxy) is 1. The molecule has 0 aliphatic heterocycles. The normalized spacial score (nSPS) is 11.5. The van der Waals surface area contributed by atoms with Crippen molar-refractivity contribution in [3.63, 3.8) is 0 Å². The van der Waals surface area contributed by atoms with Gasteiger partial charge in [-0.3, -0.25) is 4.79 Å². The van der Waals surface area contributed by atoms with Gasteiger partial charge in [-0.2, -0.15) is 0 Å². The molecule has 3 aromatic rings. The number of nitrogens with zero attached hydrogens (tertiary/aromatic N) is 2. The van der Waals surface area contributed by atoms with E-state index in [1.54, 1.807) is 6.92 Å². The van der Waals surface area contributed by atoms with Crippen LogP contribution in [-0.2, 0) is 23.2 Å². The number of fused-ring (bicyclic) bond motifs is 1. The lowest BCUT2D eigenvalue weighted by atomic mass is 9.87. The Morgan fingerprint density at radius 2 is 1.81 bits per heavy atom. The van der Waals surface area contributed by atoms with Gasteiger partial charge in [0.2, 0.25) is 5.91 Å². The lowest BCUT2D eigenvalue weighted by molar-refractivity contribution is -0.117. The third-order valence-electron chi connectivity index (χ3n) is 5.52. The summed E-state index contributed by atoms with van der Waals surface area (Å²) in [5, 5.41) is 2.90. The van der Waals surface area contributed by atoms with Crippen LogP contribution in [0, 0.1) is 0 Å². The summed E-state index contributed by atoms with van der Waals surface area (Å²) in [6, 6.07) is 16.6. The zero-order chi connectivity index (χ0) is 23.1. The van der Waals surface area contributed by atoms with E-state index in [0.29, 0.717) is 25.1 Å². The number of benzene rings is 2. The first-order valence-corrected chi connectivity index (χ1v) is 11.4. The fraction of sp³-hybridized carbons (Fsp3) is 0.407. The number of aromatic nitrogens is 2. The highest BCUT2D eigenvalue weighted by Gasteiger charge is 2.13. The molecule has 0 unspecified atom stereocenters. The summed E-state index contributed by atoms with van der Waals surface area (Å²) in [7, 11) is 0. The number of para-hydroxylation sites is 2. The molecule has 0 saturated carbocycles. The highest BCUT2D eigenvalue weighted by atomic mass is 16.5. The van der Waals surface area contributed by atoms with Crippen molar-refractivity contribution in [3.8, 4) is 5.75 Å². The smallest absolute Gasteiger partial charge is 0.246 e. The molecule has 1 heterocycles. The van der Waals surface area contributed by atoms with Crippen molar-refractivity contribution in [2.75, 3.05) is 13.2 Å². The maximum Gasteiger partial charge on any atom is 0.246 e. The van der Waals surface area contributed by atoms with Gasteiger partial charge < -0.3 is 14.6 Å². The molecule has 1 N–H and O–H groups in total. The Morgan fingerprint density at radius 3 is 2.50 bits per heavy atom. The first-order valence-electron chi connectivity index (χ1n) is 11.4. The predicted octanol–water partition coefficient (Wildman–Crippen LogP) is 5.43. The minimum absolute atomic E-state index is 0.111. The van der Waals surface area contributed by atoms with Gasteiger partial charge in [-0.1, -0.05) is 51.6 Å². The quantitative estimate of drug-likeness (QED) is 0.343. The molecular formula is C27H35N3O2. The molecule has 1 aromatic heterocycles. The Hall–Kier alpha value is -3.08. The van der Waals surface area contributed by atoms with Crippen LogP contribution in [0.3, 0.4) is 0 Å². The van der Waals surface area contributed by atoms with E-state index in [1.165, 1.54) is 5.56 Å². The monoisotopic (exact) mass is 433 g/mol. The standard InChI is InChI=1S/C27H35N3O2/c1-20(2)26(31)28-17-16-25-29-23-10-6-7-11-24(23)30(25)18-8-9-19-32-22-14-12-21(13-15-22)27(3,4)5/h6-7,10-15H,1,8-9,16-19H2,2-5H3,(H,28,31). The van der Waals surface area contributed by atoms with E-state index in [-0.39, 0.29) is 11.3 Å². The molecule has 170 valence electrons. The number of carbonyl (C=O) groups is 1. The van der Waals surface area contributed by atoms with Gasteiger partial charge in [-0.15, -0.1) is 0 Å². The largest absolute Gasteiger partial charge is 0.494 e. The number of imidazole rings is 1. The van der Waals surface area contributed by atoms with E-state index in [0.717, 1.165) is 42.0 Å². The van der Waals surface area contributed by atoms with E-state index in [2.05, 4.69) is 67.6 Å². The number of amides is 1. The van der Waals surface area contributed by atoms with Crippen molar-refractivity contribution in [2.24, 2.45) is 0 Å². The first kappa shape index (κ1) is 23.6. The third kappa shape index (κ3) is 6.22. The average Bonchev–Trinajstić information content (AvgIpc) is 3.10. The maximum absolute atomic E-state index is 11.8. The van der Waals surface area contributed by atoms with Crippen molar-refractivity contribution in [2.45, 2.75) is 58.9 Å². The van der Waals surface area contributed by atoms with Crippen LogP contribution < -0.4 is 10.1 Å². The number of aryl methyl sites for hydroxylation is 1. The highest BCUT2D eigenvalue weighted by molar-refractivity contribution is 5.92. The fourth-order valence-corrected chi connectivity index (χ4v) is 3.62. The predicted molar refractivity (Wildman–Crippen MR) is 131 cm³/mol. The summed E-state index contributed by atoms with van der Waals surface area (Å²) in [5.41, 5.74) is 4.10. The molecule has 2 aromatic carbocycles. The summed E-state index contributed by atoms with van der Waals surface area (Å²) in [6.07, 6.45) is 2.63. The molecule has 5 nitrogen and oxygen atoms in total. The molecule has 0 saturated heterocycles. The van der Waals surface area contributed by atoms with Gasteiger partial charge in [0.1, 0.15) is 11.6 Å². The molecular weight excluding hydrogens is 398 g/mol. The summed E-state index contributed by atoms with van der Waals surface area (Å²) in [6.45, 7) is 14.1. The van der Waals surface area contributed by atoms with Crippen molar-refractivity contribution in [1.82, 2.24) is 14.9 Å². The average molecular weight is 434 g/mol. The Balaban J connectivity index is 1.53. The Bertz CT molecular complexity index is 1060. The van der Waals surface area contributed by atoms with Gasteiger partial charge in [-0.25, -0.2) is 4.98 Å². The number of rotatable bonds is 10. The van der Waals surface area contributed by atoms with Gasteiger partial charge in [0.25, 0.3) is 0 Å². The summed E-state index contributed by atoms with van der Waals surface area (Å²) in [5.74, 6) is 1.80. The van der Waals surface area contributed by atoms with Crippen LogP contribution >= 0.6 is 0 Å². The Morgan fingerprint density at radius 1 is 1.09 bits per heavy atom. The third-order valence-corrected chi connectivity index (χ3v) is 5.52. The Labute approximate surface area is 191 Å². The van der Waals surface area contributed by atoms with Crippen LogP contribution in [0.4, 0.5) is 0 Å². The van der Waals surface area contributed by atoms with Crippen LogP contribution in [0.5, 0.6) is 5.75 Å². The molecule has 0 aliphatic rings. The molecule has 0 fully saturated rings. The minimum atomic E-state index is -0.111. The molecule has 32 heavy (non-hydrogen) atoms. The second-order valence-electron chi connectivity index (χ2n) is 9.28. The molecule has 0 radical (unpaired) electrons. The zero-order valence-electron chi connectivity index (χ0n) is 19.8. The second-order valence-corrected chi connectivity index (χ2v) is 9.28. The summed E-state index contributed by atoms with van der Waals surface area (Å²) < 4.78 is 8.21. The van der Waals surface area contributed by atoms with Gasteiger partial charge in [0, 0.05) is 25.1 Å². The molecule has 0 aliphatic carbocycles. The van der Waals surface area contributed by atoms with Gasteiger partial charge >= 0.3 is 0 Å². The van der Waals surface area contributed by atoms with Crippen molar-refractivity contribution in [1.29, 1.82) is 0 Å². The van der Waals surface area contributed by atoms with Crippen molar-refractivity contribution < 1.29 is 9.53 Å². The van der Waals surface area contributed by atoms with E-state index in [4.69, 9.17) is 9.72 Å². The minimum Gasteiger partial charge on any atom is -0.494 e. The number of hydrogen-bond acceptors (Lipinski definition) is 3. The van der Waals surface area contributed by atoms with Crippen molar-refractivity contribution in [3.05, 3.63) is 72.1 Å². The lowest BCUT2D eigenvalue weighted by Crippen LogP contribution is -2.26. The summed E-state index contributed by atoms with van der Waals surface area (Å²) >= 11 is 0. The highest BCUT2D eigenvalue weighted by Crippen LogP contribution is 2.24. The first-order chi connectivity index (χ1) is 15.3. The van der Waals surface area contributed by atoms with Crippen LogP contribution in [0.15, 0.2) is 60.7 Å². The summed E-state index contributed by atoms with van der Waals surface area (Å²) in [4.78, 5) is 16.6. The number of unbranched alkanes of at least 4 members (excludes halogenated alkanes) is 1. The van der Waals surface area contributed by atoms with Crippen LogP contribution in [0.25, 0.3) is 11.0 Å². The molecule has 1 amide bonds. The van der Waals surface area contributed by atoms with Crippen LogP contribution in [0.2, 0.25) is 0 Å². The van der Waals surface area contributed by atoms with Gasteiger partial charge in [0.15, 0.2) is 0 Å². The SMILES string of the molecule is C=C(C)C(=O)NCCc1nc2ccccc2n1CCCCOc1ccc(C(C)(C)C)cc1. The molecule has 0 spiro atoms. The molecule has 0 bridgehead atoms. The van der Waals surface area contributed by atoms with Gasteiger partial charge in [0.05, 0.1) is 17.6 Å². The van der Waals surface area contributed by atoms with E-state index >= 15 is 0 Å². The topological polar surface area (TPSA) is 56.2 Å². The van der Waals surface area contributed by atoms with Crippen LogP contribution in [0.1, 0.15) is 51.9 Å². The van der Waals surface area contributed by atoms with Gasteiger partial charge in [-0.05, 0) is 55.0 Å². The number of hydrogen-bond donors (Lipinski definition) is 1. The molecule has 5 heteroatoms. The molecule has 0 atom stereocenters. The number of nitrogens with one attached hydrogen (secondary N) is 1. The maximum atomic E-state index is 11.8. The van der Waals surface area contributed by atoms with E-state index in [1.807, 2.05) is 18.2 Å².